The highest BCUT2D eigenvalue weighted by molar-refractivity contribution is 5.93. The molecule has 17 heavy (non-hydrogen) atoms. The Morgan fingerprint density at radius 3 is 2.41 bits per heavy atom. The van der Waals surface area contributed by atoms with Crippen molar-refractivity contribution >= 4 is 18.6 Å². The van der Waals surface area contributed by atoms with Crippen molar-refractivity contribution in [2.24, 2.45) is 0 Å². The summed E-state index contributed by atoms with van der Waals surface area (Å²) in [4.78, 5) is 39.1. The summed E-state index contributed by atoms with van der Waals surface area (Å²) in [5.41, 5.74) is 0.798. The summed E-state index contributed by atoms with van der Waals surface area (Å²) in [6.07, 6.45) is 1.46. The number of aromatic nitrogens is 1. The van der Waals surface area contributed by atoms with E-state index < -0.39 is 0 Å². The highest BCUT2D eigenvalue weighted by atomic mass is 16.2. The van der Waals surface area contributed by atoms with E-state index in [0.29, 0.717) is 43.9 Å². The van der Waals surface area contributed by atoms with E-state index in [1.54, 1.807) is 21.9 Å². The Balaban J connectivity index is 2.01. The standard InChI is InChI=1S/C11H13N3O3/c15-7-9-1-2-10(12-9)11(17)14-5-3-13(8-16)4-6-14/h1-2,7-8,12H,3-6H2. The molecule has 0 saturated carbocycles. The van der Waals surface area contributed by atoms with E-state index in [4.69, 9.17) is 0 Å². The van der Waals surface area contributed by atoms with Crippen LogP contribution in [0.3, 0.4) is 0 Å². The first-order chi connectivity index (χ1) is 8.24. The SMILES string of the molecule is O=Cc1ccc(C(=O)N2CCN(C=O)CC2)[nH]1. The second-order valence-electron chi connectivity index (χ2n) is 3.88. The average molecular weight is 235 g/mol. The fourth-order valence-corrected chi connectivity index (χ4v) is 1.81. The molecule has 1 aliphatic rings. The third kappa shape index (κ3) is 2.35. The van der Waals surface area contributed by atoms with Gasteiger partial charge in [-0.1, -0.05) is 0 Å². The Kier molecular flexibility index (Phi) is 3.22. The van der Waals surface area contributed by atoms with E-state index in [2.05, 4.69) is 4.98 Å². The molecule has 1 aliphatic heterocycles. The van der Waals surface area contributed by atoms with E-state index in [0.717, 1.165) is 6.41 Å². The first-order valence-corrected chi connectivity index (χ1v) is 5.37. The van der Waals surface area contributed by atoms with Crippen LogP contribution in [0.5, 0.6) is 0 Å². The second-order valence-corrected chi connectivity index (χ2v) is 3.88. The summed E-state index contributed by atoms with van der Waals surface area (Å²) < 4.78 is 0. The number of H-pyrrole nitrogens is 1. The molecule has 0 radical (unpaired) electrons. The largest absolute Gasteiger partial charge is 0.348 e. The maximum Gasteiger partial charge on any atom is 0.270 e. The van der Waals surface area contributed by atoms with Gasteiger partial charge in [0.15, 0.2) is 6.29 Å². The zero-order chi connectivity index (χ0) is 12.3. The molecule has 0 unspecified atom stereocenters. The first-order valence-electron chi connectivity index (χ1n) is 5.37. The van der Waals surface area contributed by atoms with Gasteiger partial charge in [0.1, 0.15) is 5.69 Å². The van der Waals surface area contributed by atoms with Crippen LogP contribution in [0, 0.1) is 0 Å². The summed E-state index contributed by atoms with van der Waals surface area (Å²) in [6, 6.07) is 3.17. The molecular weight excluding hydrogens is 222 g/mol. The van der Waals surface area contributed by atoms with Gasteiger partial charge in [-0.05, 0) is 12.1 Å². The number of aromatic amines is 1. The lowest BCUT2D eigenvalue weighted by atomic mass is 10.3. The van der Waals surface area contributed by atoms with Crippen LogP contribution in [-0.2, 0) is 4.79 Å². The molecule has 2 amide bonds. The number of carbonyl (C=O) groups excluding carboxylic acids is 3. The molecule has 2 rings (SSSR count). The number of carbonyl (C=O) groups is 3. The quantitative estimate of drug-likeness (QED) is 0.734. The fraction of sp³-hybridized carbons (Fsp3) is 0.364. The Morgan fingerprint density at radius 2 is 1.88 bits per heavy atom. The molecule has 1 aromatic heterocycles. The molecule has 2 heterocycles. The summed E-state index contributed by atoms with van der Waals surface area (Å²) >= 11 is 0. The van der Waals surface area contributed by atoms with Crippen molar-refractivity contribution in [2.45, 2.75) is 0 Å². The van der Waals surface area contributed by atoms with Gasteiger partial charge in [0.2, 0.25) is 6.41 Å². The molecule has 1 aromatic rings. The molecule has 6 heteroatoms. The monoisotopic (exact) mass is 235 g/mol. The number of amides is 2. The van der Waals surface area contributed by atoms with Crippen LogP contribution in [0.2, 0.25) is 0 Å². The van der Waals surface area contributed by atoms with E-state index >= 15 is 0 Å². The highest BCUT2D eigenvalue weighted by Gasteiger charge is 2.22. The van der Waals surface area contributed by atoms with E-state index in [-0.39, 0.29) is 5.91 Å². The van der Waals surface area contributed by atoms with Gasteiger partial charge in [-0.25, -0.2) is 0 Å². The molecule has 6 nitrogen and oxygen atoms in total. The van der Waals surface area contributed by atoms with Crippen LogP contribution in [-0.4, -0.2) is 59.6 Å². The third-order valence-electron chi connectivity index (χ3n) is 2.82. The zero-order valence-electron chi connectivity index (χ0n) is 9.26. The van der Waals surface area contributed by atoms with Crippen LogP contribution in [0.4, 0.5) is 0 Å². The fourth-order valence-electron chi connectivity index (χ4n) is 1.81. The third-order valence-corrected chi connectivity index (χ3v) is 2.82. The summed E-state index contributed by atoms with van der Waals surface area (Å²) in [5, 5.41) is 0. The number of nitrogens with zero attached hydrogens (tertiary/aromatic N) is 2. The minimum Gasteiger partial charge on any atom is -0.348 e. The van der Waals surface area contributed by atoms with Gasteiger partial charge < -0.3 is 14.8 Å². The Labute approximate surface area is 98.2 Å². The van der Waals surface area contributed by atoms with Gasteiger partial charge in [0.25, 0.3) is 5.91 Å². The van der Waals surface area contributed by atoms with E-state index in [1.165, 1.54) is 0 Å². The van der Waals surface area contributed by atoms with Gasteiger partial charge in [-0.15, -0.1) is 0 Å². The van der Waals surface area contributed by atoms with Crippen molar-refractivity contribution in [3.05, 3.63) is 23.5 Å². The van der Waals surface area contributed by atoms with Crippen molar-refractivity contribution in [3.63, 3.8) is 0 Å². The number of nitrogens with one attached hydrogen (secondary N) is 1. The normalized spacial score (nSPS) is 15.8. The van der Waals surface area contributed by atoms with Crippen LogP contribution >= 0.6 is 0 Å². The molecule has 1 saturated heterocycles. The summed E-state index contributed by atoms with van der Waals surface area (Å²) in [6.45, 7) is 2.15. The van der Waals surface area contributed by atoms with Gasteiger partial charge in [0, 0.05) is 26.2 Å². The number of hydrogen-bond donors (Lipinski definition) is 1. The van der Waals surface area contributed by atoms with Crippen molar-refractivity contribution in [1.82, 2.24) is 14.8 Å². The van der Waals surface area contributed by atoms with Crippen LogP contribution in [0.25, 0.3) is 0 Å². The smallest absolute Gasteiger partial charge is 0.270 e. The molecule has 1 fully saturated rings. The van der Waals surface area contributed by atoms with Gasteiger partial charge in [-0.2, -0.15) is 0 Å². The molecule has 0 spiro atoms. The van der Waals surface area contributed by atoms with Gasteiger partial charge in [0.05, 0.1) is 5.69 Å². The maximum absolute atomic E-state index is 12.0. The maximum atomic E-state index is 12.0. The number of piperazine rings is 1. The number of aldehydes is 1. The van der Waals surface area contributed by atoms with Gasteiger partial charge >= 0.3 is 0 Å². The molecule has 0 bridgehead atoms. The van der Waals surface area contributed by atoms with E-state index in [1.807, 2.05) is 0 Å². The average Bonchev–Trinajstić information content (AvgIpc) is 2.87. The predicted molar refractivity (Wildman–Crippen MR) is 59.7 cm³/mol. The summed E-state index contributed by atoms with van der Waals surface area (Å²) in [5.74, 6) is -0.136. The molecule has 90 valence electrons. The lowest BCUT2D eigenvalue weighted by Crippen LogP contribution is -2.48. The predicted octanol–water partition coefficient (Wildman–Crippen LogP) is -0.259. The highest BCUT2D eigenvalue weighted by Crippen LogP contribution is 2.07. The zero-order valence-corrected chi connectivity index (χ0v) is 9.26. The molecule has 0 atom stereocenters. The molecule has 0 aromatic carbocycles. The van der Waals surface area contributed by atoms with Crippen molar-refractivity contribution in [3.8, 4) is 0 Å². The van der Waals surface area contributed by atoms with Gasteiger partial charge in [-0.3, -0.25) is 14.4 Å². The van der Waals surface area contributed by atoms with Crippen molar-refractivity contribution < 1.29 is 14.4 Å². The minimum atomic E-state index is -0.136. The Bertz CT molecular complexity index is 433. The van der Waals surface area contributed by atoms with Crippen molar-refractivity contribution in [2.75, 3.05) is 26.2 Å². The lowest BCUT2D eigenvalue weighted by molar-refractivity contribution is -0.119. The molecular formula is C11H13N3O3. The topological polar surface area (TPSA) is 73.5 Å². The minimum absolute atomic E-state index is 0.136. The Hall–Kier alpha value is -2.11. The Morgan fingerprint density at radius 1 is 1.18 bits per heavy atom. The summed E-state index contributed by atoms with van der Waals surface area (Å²) in [7, 11) is 0. The first kappa shape index (κ1) is 11.4. The van der Waals surface area contributed by atoms with E-state index in [9.17, 15) is 14.4 Å². The number of rotatable bonds is 3. The lowest BCUT2D eigenvalue weighted by Gasteiger charge is -2.32. The molecule has 1 N–H and O–H groups in total. The van der Waals surface area contributed by atoms with Crippen LogP contribution in [0.15, 0.2) is 12.1 Å². The number of hydrogen-bond acceptors (Lipinski definition) is 3. The van der Waals surface area contributed by atoms with Crippen molar-refractivity contribution in [1.29, 1.82) is 0 Å². The van der Waals surface area contributed by atoms with Crippen LogP contribution in [0.1, 0.15) is 21.0 Å². The van der Waals surface area contributed by atoms with Crippen LogP contribution < -0.4 is 0 Å². The molecule has 0 aliphatic carbocycles. The second kappa shape index (κ2) is 4.82.